The highest BCUT2D eigenvalue weighted by atomic mass is 35.5. The molecule has 27 heavy (non-hydrogen) atoms. The molecule has 3 aromatic carbocycles. The average Bonchev–Trinajstić information content (AvgIpc) is 3.04. The number of nitrogens with one attached hydrogen (secondary N) is 1. The van der Waals surface area contributed by atoms with Crippen molar-refractivity contribution in [1.82, 2.24) is 4.98 Å². The number of hydrogen-bond donors (Lipinski definition) is 1. The van der Waals surface area contributed by atoms with E-state index in [1.54, 1.807) is 36.4 Å². The van der Waals surface area contributed by atoms with Crippen molar-refractivity contribution in [3.8, 4) is 11.5 Å². The van der Waals surface area contributed by atoms with Crippen molar-refractivity contribution in [2.24, 2.45) is 0 Å². The molecule has 1 aromatic heterocycles. The minimum absolute atomic E-state index is 0.227. The number of nitrogens with zero attached hydrogens (tertiary/aromatic N) is 1. The number of aryl methyl sites for hydroxylation is 2. The molecular formula is C22H17ClN2O2. The van der Waals surface area contributed by atoms with Crippen LogP contribution < -0.4 is 5.32 Å². The van der Waals surface area contributed by atoms with E-state index in [0.717, 1.165) is 16.7 Å². The second kappa shape index (κ2) is 6.89. The Morgan fingerprint density at radius 2 is 1.78 bits per heavy atom. The maximum Gasteiger partial charge on any atom is 0.255 e. The Labute approximate surface area is 161 Å². The van der Waals surface area contributed by atoms with Crippen LogP contribution in [0.4, 0.5) is 5.69 Å². The van der Waals surface area contributed by atoms with Gasteiger partial charge in [0, 0.05) is 21.8 Å². The summed E-state index contributed by atoms with van der Waals surface area (Å²) in [5.74, 6) is 0.338. The van der Waals surface area contributed by atoms with Crippen LogP contribution in [0.5, 0.6) is 0 Å². The van der Waals surface area contributed by atoms with Gasteiger partial charge in [-0.05, 0) is 62.4 Å². The molecule has 0 saturated heterocycles. The summed E-state index contributed by atoms with van der Waals surface area (Å²) in [5.41, 5.74) is 5.75. The summed E-state index contributed by atoms with van der Waals surface area (Å²) in [6, 6.07) is 18.4. The van der Waals surface area contributed by atoms with Gasteiger partial charge in [0.25, 0.3) is 5.91 Å². The van der Waals surface area contributed by atoms with Crippen LogP contribution in [0.1, 0.15) is 21.5 Å². The number of amides is 1. The van der Waals surface area contributed by atoms with Crippen molar-refractivity contribution >= 4 is 34.3 Å². The van der Waals surface area contributed by atoms with Crippen LogP contribution in [0.15, 0.2) is 65.1 Å². The van der Waals surface area contributed by atoms with E-state index in [-0.39, 0.29) is 5.91 Å². The number of fused-ring (bicyclic) bond motifs is 1. The van der Waals surface area contributed by atoms with E-state index < -0.39 is 0 Å². The topological polar surface area (TPSA) is 55.1 Å². The molecule has 0 aliphatic carbocycles. The lowest BCUT2D eigenvalue weighted by Gasteiger charge is -2.05. The number of anilines is 1. The first kappa shape index (κ1) is 17.3. The van der Waals surface area contributed by atoms with Crippen molar-refractivity contribution in [3.63, 3.8) is 0 Å². The molecule has 0 aliphatic heterocycles. The van der Waals surface area contributed by atoms with Gasteiger partial charge in [-0.2, -0.15) is 0 Å². The van der Waals surface area contributed by atoms with Crippen LogP contribution in [0.3, 0.4) is 0 Å². The molecule has 4 aromatic rings. The number of hydrogen-bond acceptors (Lipinski definition) is 3. The summed E-state index contributed by atoms with van der Waals surface area (Å²) in [5, 5.41) is 3.39. The largest absolute Gasteiger partial charge is 0.436 e. The van der Waals surface area contributed by atoms with E-state index in [1.165, 1.54) is 0 Å². The highest BCUT2D eigenvalue weighted by molar-refractivity contribution is 6.31. The third kappa shape index (κ3) is 3.71. The minimum Gasteiger partial charge on any atom is -0.436 e. The van der Waals surface area contributed by atoms with Crippen LogP contribution >= 0.6 is 11.6 Å². The highest BCUT2D eigenvalue weighted by Crippen LogP contribution is 2.27. The number of aromatic nitrogens is 1. The van der Waals surface area contributed by atoms with E-state index in [4.69, 9.17) is 16.0 Å². The number of benzene rings is 3. The fourth-order valence-corrected chi connectivity index (χ4v) is 3.25. The van der Waals surface area contributed by atoms with Crippen LogP contribution in [0, 0.1) is 13.8 Å². The van der Waals surface area contributed by atoms with Crippen molar-refractivity contribution < 1.29 is 9.21 Å². The molecule has 1 N–H and O–H groups in total. The maximum absolute atomic E-state index is 12.4. The quantitative estimate of drug-likeness (QED) is 0.475. The number of halogens is 1. The summed E-state index contributed by atoms with van der Waals surface area (Å²) in [7, 11) is 0. The van der Waals surface area contributed by atoms with Gasteiger partial charge >= 0.3 is 0 Å². The lowest BCUT2D eigenvalue weighted by Crippen LogP contribution is -2.11. The average molecular weight is 377 g/mol. The Hall–Kier alpha value is -3.11. The first-order chi connectivity index (χ1) is 13.0. The zero-order valence-corrected chi connectivity index (χ0v) is 15.7. The maximum atomic E-state index is 12.4. The van der Waals surface area contributed by atoms with Crippen molar-refractivity contribution in [2.45, 2.75) is 13.8 Å². The van der Waals surface area contributed by atoms with E-state index >= 15 is 0 Å². The molecule has 0 radical (unpaired) electrons. The number of oxazole rings is 1. The van der Waals surface area contributed by atoms with E-state index in [9.17, 15) is 4.79 Å². The van der Waals surface area contributed by atoms with Crippen LogP contribution in [0.25, 0.3) is 22.6 Å². The molecule has 1 heterocycles. The van der Waals surface area contributed by atoms with Gasteiger partial charge in [0.1, 0.15) is 5.52 Å². The van der Waals surface area contributed by atoms with Gasteiger partial charge in [-0.3, -0.25) is 4.79 Å². The number of rotatable bonds is 3. The summed E-state index contributed by atoms with van der Waals surface area (Å²) >= 11 is 5.95. The first-order valence-corrected chi connectivity index (χ1v) is 8.92. The predicted octanol–water partition coefficient (Wildman–Crippen LogP) is 6.02. The SMILES string of the molecule is Cc1cc(C)cc(-c2nc3cc(NC(=O)c4cccc(Cl)c4)ccc3o2)c1. The predicted molar refractivity (Wildman–Crippen MR) is 108 cm³/mol. The fourth-order valence-electron chi connectivity index (χ4n) is 3.06. The number of carbonyl (C=O) groups is 1. The fraction of sp³-hybridized carbons (Fsp3) is 0.0909. The van der Waals surface area contributed by atoms with Gasteiger partial charge < -0.3 is 9.73 Å². The van der Waals surface area contributed by atoms with Gasteiger partial charge in [-0.1, -0.05) is 34.9 Å². The molecule has 4 rings (SSSR count). The summed E-state index contributed by atoms with van der Waals surface area (Å²) < 4.78 is 5.88. The van der Waals surface area contributed by atoms with Crippen LogP contribution in [-0.4, -0.2) is 10.9 Å². The third-order valence-electron chi connectivity index (χ3n) is 4.20. The lowest BCUT2D eigenvalue weighted by atomic mass is 10.1. The molecule has 0 unspecified atom stereocenters. The molecule has 5 heteroatoms. The first-order valence-electron chi connectivity index (χ1n) is 8.54. The van der Waals surface area contributed by atoms with Crippen LogP contribution in [0.2, 0.25) is 5.02 Å². The van der Waals surface area contributed by atoms with E-state index in [2.05, 4.69) is 16.4 Å². The molecule has 0 atom stereocenters. The van der Waals surface area contributed by atoms with Crippen molar-refractivity contribution in [2.75, 3.05) is 5.32 Å². The minimum atomic E-state index is -0.227. The molecule has 134 valence electrons. The molecular weight excluding hydrogens is 360 g/mol. The van der Waals surface area contributed by atoms with Gasteiger partial charge in [0.15, 0.2) is 5.58 Å². The van der Waals surface area contributed by atoms with E-state index in [0.29, 0.717) is 33.3 Å². The van der Waals surface area contributed by atoms with Gasteiger partial charge in [0.05, 0.1) is 0 Å². The Morgan fingerprint density at radius 3 is 2.52 bits per heavy atom. The molecule has 0 saturated carbocycles. The molecule has 0 aliphatic rings. The lowest BCUT2D eigenvalue weighted by molar-refractivity contribution is 0.102. The Morgan fingerprint density at radius 1 is 1.00 bits per heavy atom. The second-order valence-corrected chi connectivity index (χ2v) is 6.98. The summed E-state index contributed by atoms with van der Waals surface area (Å²) in [6.07, 6.45) is 0. The molecule has 0 spiro atoms. The standard InChI is InChI=1S/C22H17ClN2O2/c1-13-8-14(2)10-16(9-13)22-25-19-12-18(6-7-20(19)27-22)24-21(26)15-4-3-5-17(23)11-15/h3-12H,1-2H3,(H,24,26). The van der Waals surface area contributed by atoms with Gasteiger partial charge in [-0.15, -0.1) is 0 Å². The summed E-state index contributed by atoms with van der Waals surface area (Å²) in [4.78, 5) is 17.0. The Balaban J connectivity index is 1.63. The molecule has 4 nitrogen and oxygen atoms in total. The Kier molecular flexibility index (Phi) is 4.42. The smallest absolute Gasteiger partial charge is 0.255 e. The van der Waals surface area contributed by atoms with Crippen molar-refractivity contribution in [1.29, 1.82) is 0 Å². The monoisotopic (exact) mass is 376 g/mol. The third-order valence-corrected chi connectivity index (χ3v) is 4.44. The second-order valence-electron chi connectivity index (χ2n) is 6.54. The molecule has 0 bridgehead atoms. The Bertz CT molecular complexity index is 1140. The normalized spacial score (nSPS) is 10.9. The highest BCUT2D eigenvalue weighted by Gasteiger charge is 2.12. The van der Waals surface area contributed by atoms with Crippen molar-refractivity contribution in [3.05, 3.63) is 82.4 Å². The van der Waals surface area contributed by atoms with Gasteiger partial charge in [-0.25, -0.2) is 4.98 Å². The zero-order valence-electron chi connectivity index (χ0n) is 14.9. The molecule has 1 amide bonds. The van der Waals surface area contributed by atoms with Crippen LogP contribution in [-0.2, 0) is 0 Å². The van der Waals surface area contributed by atoms with E-state index in [1.807, 2.05) is 32.0 Å². The number of carbonyl (C=O) groups excluding carboxylic acids is 1. The molecule has 0 fully saturated rings. The van der Waals surface area contributed by atoms with Gasteiger partial charge in [0.2, 0.25) is 5.89 Å². The summed E-state index contributed by atoms with van der Waals surface area (Å²) in [6.45, 7) is 4.09. The zero-order chi connectivity index (χ0) is 19.0.